The molecule has 1 aliphatic rings. The van der Waals surface area contributed by atoms with Gasteiger partial charge in [0.2, 0.25) is 0 Å². The van der Waals surface area contributed by atoms with E-state index in [1.807, 2.05) is 0 Å². The van der Waals surface area contributed by atoms with Crippen molar-refractivity contribution in [2.45, 2.75) is 59.2 Å². The van der Waals surface area contributed by atoms with E-state index in [1.165, 1.54) is 24.0 Å². The van der Waals surface area contributed by atoms with Gasteiger partial charge in [0.15, 0.2) is 0 Å². The molecule has 2 rings (SSSR count). The monoisotopic (exact) mass is 246 g/mol. The van der Waals surface area contributed by atoms with Crippen molar-refractivity contribution in [2.24, 2.45) is 11.8 Å². The van der Waals surface area contributed by atoms with Gasteiger partial charge in [0.1, 0.15) is 0 Å². The topological polar surface area (TPSA) is 9.23 Å². The first-order chi connectivity index (χ1) is 8.56. The van der Waals surface area contributed by atoms with Gasteiger partial charge >= 0.3 is 0 Å². The molecule has 1 aliphatic carbocycles. The summed E-state index contributed by atoms with van der Waals surface area (Å²) in [5.41, 5.74) is 2.70. The predicted molar refractivity (Wildman–Crippen MR) is 76.7 cm³/mol. The summed E-state index contributed by atoms with van der Waals surface area (Å²) in [7, 11) is 0. The van der Waals surface area contributed by atoms with Gasteiger partial charge in [-0.15, -0.1) is 0 Å². The van der Waals surface area contributed by atoms with Crippen LogP contribution in [0, 0.1) is 11.8 Å². The van der Waals surface area contributed by atoms with E-state index >= 15 is 0 Å². The number of hydrogen-bond acceptors (Lipinski definition) is 1. The highest BCUT2D eigenvalue weighted by atomic mass is 16.5. The molecule has 0 unspecified atom stereocenters. The first kappa shape index (κ1) is 13.6. The lowest BCUT2D eigenvalue weighted by Gasteiger charge is -2.37. The molecule has 0 spiro atoms. The molecule has 0 bridgehead atoms. The maximum Gasteiger partial charge on any atom is 0.0720 e. The zero-order valence-electron chi connectivity index (χ0n) is 12.1. The average Bonchev–Trinajstić information content (AvgIpc) is 2.27. The molecule has 1 saturated carbocycles. The van der Waals surface area contributed by atoms with Crippen LogP contribution in [0.1, 0.15) is 57.6 Å². The minimum atomic E-state index is 0.502. The molecule has 0 radical (unpaired) electrons. The molecule has 100 valence electrons. The van der Waals surface area contributed by atoms with Gasteiger partial charge in [-0.1, -0.05) is 52.0 Å². The maximum atomic E-state index is 5.94. The number of benzene rings is 1. The SMILES string of the molecule is CC(C)c1ccc(COC2CC(C(C)C)C2)cc1. The summed E-state index contributed by atoms with van der Waals surface area (Å²) in [5.74, 6) is 2.31. The van der Waals surface area contributed by atoms with Crippen molar-refractivity contribution in [1.29, 1.82) is 0 Å². The molecule has 0 aliphatic heterocycles. The Morgan fingerprint density at radius 3 is 2.17 bits per heavy atom. The van der Waals surface area contributed by atoms with Crippen molar-refractivity contribution in [3.63, 3.8) is 0 Å². The molecule has 0 heterocycles. The van der Waals surface area contributed by atoms with Crippen molar-refractivity contribution in [1.82, 2.24) is 0 Å². The van der Waals surface area contributed by atoms with Crippen LogP contribution in [0.25, 0.3) is 0 Å². The fourth-order valence-electron chi connectivity index (χ4n) is 2.50. The van der Waals surface area contributed by atoms with E-state index in [-0.39, 0.29) is 0 Å². The molecule has 0 N–H and O–H groups in total. The molecular weight excluding hydrogens is 220 g/mol. The lowest BCUT2D eigenvalue weighted by molar-refractivity contribution is -0.0519. The van der Waals surface area contributed by atoms with E-state index in [0.29, 0.717) is 12.0 Å². The zero-order valence-corrected chi connectivity index (χ0v) is 12.1. The maximum absolute atomic E-state index is 5.94. The van der Waals surface area contributed by atoms with E-state index < -0.39 is 0 Å². The highest BCUT2D eigenvalue weighted by Crippen LogP contribution is 2.36. The molecule has 0 saturated heterocycles. The highest BCUT2D eigenvalue weighted by Gasteiger charge is 2.31. The van der Waals surface area contributed by atoms with Gasteiger partial charge in [-0.2, -0.15) is 0 Å². The summed E-state index contributed by atoms with van der Waals surface area (Å²) in [5, 5.41) is 0. The van der Waals surface area contributed by atoms with Gasteiger partial charge in [0, 0.05) is 0 Å². The standard InChI is InChI=1S/C17H26O/c1-12(2)15-7-5-14(6-8-15)11-18-17-9-16(10-17)13(3)4/h5-8,12-13,16-17H,9-11H2,1-4H3. The van der Waals surface area contributed by atoms with Crippen molar-refractivity contribution in [3.05, 3.63) is 35.4 Å². The predicted octanol–water partition coefficient (Wildman–Crippen LogP) is 4.76. The summed E-state index contributed by atoms with van der Waals surface area (Å²) >= 11 is 0. The molecule has 1 heteroatoms. The van der Waals surface area contributed by atoms with E-state index in [2.05, 4.69) is 52.0 Å². The molecule has 1 aromatic carbocycles. The van der Waals surface area contributed by atoms with E-state index in [9.17, 15) is 0 Å². The van der Waals surface area contributed by atoms with Crippen molar-refractivity contribution in [3.8, 4) is 0 Å². The molecule has 1 aromatic rings. The van der Waals surface area contributed by atoms with Crippen LogP contribution in [0.2, 0.25) is 0 Å². The molecule has 0 atom stereocenters. The van der Waals surface area contributed by atoms with Crippen molar-refractivity contribution < 1.29 is 4.74 Å². The Morgan fingerprint density at radius 1 is 1.06 bits per heavy atom. The van der Waals surface area contributed by atoms with Crippen LogP contribution in [0.5, 0.6) is 0 Å². The first-order valence-electron chi connectivity index (χ1n) is 7.26. The minimum absolute atomic E-state index is 0.502. The Bertz CT molecular complexity index is 358. The molecular formula is C17H26O. The summed E-state index contributed by atoms with van der Waals surface area (Å²) in [6.07, 6.45) is 3.01. The second-order valence-corrected chi connectivity index (χ2v) is 6.30. The number of hydrogen-bond donors (Lipinski definition) is 0. The molecule has 1 fully saturated rings. The Labute approximate surface area is 112 Å². The van der Waals surface area contributed by atoms with Gasteiger partial charge in [-0.3, -0.25) is 0 Å². The molecule has 1 nitrogen and oxygen atoms in total. The number of rotatable bonds is 5. The van der Waals surface area contributed by atoms with Crippen LogP contribution in [-0.2, 0) is 11.3 Å². The van der Waals surface area contributed by atoms with Crippen LogP contribution in [-0.4, -0.2) is 6.10 Å². The van der Waals surface area contributed by atoms with Gasteiger partial charge in [-0.05, 0) is 41.7 Å². The molecule has 0 amide bonds. The second-order valence-electron chi connectivity index (χ2n) is 6.30. The fourth-order valence-corrected chi connectivity index (χ4v) is 2.50. The molecule has 0 aromatic heterocycles. The summed E-state index contributed by atoms with van der Waals surface area (Å²) in [6.45, 7) is 9.85. The largest absolute Gasteiger partial charge is 0.374 e. The Kier molecular flexibility index (Phi) is 4.45. The lowest BCUT2D eigenvalue weighted by atomic mass is 9.75. The van der Waals surface area contributed by atoms with E-state index in [4.69, 9.17) is 4.74 Å². The summed E-state index contributed by atoms with van der Waals surface area (Å²) < 4.78 is 5.94. The fraction of sp³-hybridized carbons (Fsp3) is 0.647. The Balaban J connectivity index is 1.74. The minimum Gasteiger partial charge on any atom is -0.374 e. The van der Waals surface area contributed by atoms with Gasteiger partial charge < -0.3 is 4.74 Å². The van der Waals surface area contributed by atoms with Crippen LogP contribution in [0.4, 0.5) is 0 Å². The van der Waals surface area contributed by atoms with E-state index in [1.54, 1.807) is 0 Å². The number of ether oxygens (including phenoxy) is 1. The quantitative estimate of drug-likeness (QED) is 0.727. The zero-order chi connectivity index (χ0) is 13.1. The smallest absolute Gasteiger partial charge is 0.0720 e. The third-order valence-electron chi connectivity index (χ3n) is 4.21. The van der Waals surface area contributed by atoms with E-state index in [0.717, 1.165) is 18.4 Å². The third kappa shape index (κ3) is 3.35. The lowest BCUT2D eigenvalue weighted by Crippen LogP contribution is -2.34. The summed E-state index contributed by atoms with van der Waals surface area (Å²) in [4.78, 5) is 0. The average molecular weight is 246 g/mol. The Morgan fingerprint density at radius 2 is 1.67 bits per heavy atom. The van der Waals surface area contributed by atoms with Gasteiger partial charge in [-0.25, -0.2) is 0 Å². The Hall–Kier alpha value is -0.820. The van der Waals surface area contributed by atoms with Crippen LogP contribution in [0.15, 0.2) is 24.3 Å². The van der Waals surface area contributed by atoms with Crippen LogP contribution in [0.3, 0.4) is 0 Å². The molecule has 18 heavy (non-hydrogen) atoms. The normalized spacial score (nSPS) is 23.4. The van der Waals surface area contributed by atoms with Gasteiger partial charge in [0.25, 0.3) is 0 Å². The van der Waals surface area contributed by atoms with Gasteiger partial charge in [0.05, 0.1) is 12.7 Å². The van der Waals surface area contributed by atoms with Crippen LogP contribution >= 0.6 is 0 Å². The second kappa shape index (κ2) is 5.88. The third-order valence-corrected chi connectivity index (χ3v) is 4.21. The summed E-state index contributed by atoms with van der Waals surface area (Å²) in [6, 6.07) is 8.85. The van der Waals surface area contributed by atoms with Crippen LogP contribution < -0.4 is 0 Å². The van der Waals surface area contributed by atoms with Crippen molar-refractivity contribution in [2.75, 3.05) is 0 Å². The highest BCUT2D eigenvalue weighted by molar-refractivity contribution is 5.24. The first-order valence-corrected chi connectivity index (χ1v) is 7.26. The van der Waals surface area contributed by atoms with Crippen molar-refractivity contribution >= 4 is 0 Å².